The first kappa shape index (κ1) is 36.3. The number of hydrogen-bond acceptors (Lipinski definition) is 13. The summed E-state index contributed by atoms with van der Waals surface area (Å²) in [6.45, 7) is 8.24. The molecule has 0 bridgehead atoms. The summed E-state index contributed by atoms with van der Waals surface area (Å²) in [4.78, 5) is 9.07. The van der Waals surface area contributed by atoms with Crippen molar-refractivity contribution in [2.45, 2.75) is 90.2 Å². The van der Waals surface area contributed by atoms with Crippen LogP contribution in [0.5, 0.6) is 11.9 Å². The minimum atomic E-state index is -3.95. The van der Waals surface area contributed by atoms with Crippen molar-refractivity contribution in [1.82, 2.24) is 19.7 Å². The Morgan fingerprint density at radius 3 is 2.12 bits per heavy atom. The fourth-order valence-corrected chi connectivity index (χ4v) is 7.17. The second kappa shape index (κ2) is 15.4. The van der Waals surface area contributed by atoms with Crippen LogP contribution in [-0.2, 0) is 63.3 Å². The summed E-state index contributed by atoms with van der Waals surface area (Å²) < 4.78 is 69.0. The molecule has 0 radical (unpaired) electrons. The van der Waals surface area contributed by atoms with E-state index in [4.69, 9.17) is 47.1 Å². The monoisotopic (exact) mass is 712 g/mol. The van der Waals surface area contributed by atoms with Crippen LogP contribution in [0.1, 0.15) is 50.9 Å². The van der Waals surface area contributed by atoms with Gasteiger partial charge in [0.15, 0.2) is 17.2 Å². The maximum atomic E-state index is 13.8. The van der Waals surface area contributed by atoms with Crippen LogP contribution in [0.3, 0.4) is 0 Å². The smallest absolute Gasteiger partial charge is 0.475 e. The fraction of sp³-hybridized carbons (Fsp3) is 0.514. The van der Waals surface area contributed by atoms with Crippen molar-refractivity contribution < 1.29 is 46.6 Å². The van der Waals surface area contributed by atoms with E-state index < -0.39 is 31.6 Å². The Hall–Kier alpha value is -3.46. The molecule has 4 aromatic rings. The number of fused-ring (bicyclic) bond motifs is 2. The summed E-state index contributed by atoms with van der Waals surface area (Å²) in [7, 11) is -0.931. The van der Waals surface area contributed by atoms with Crippen LogP contribution in [0, 0.1) is 0 Å². The van der Waals surface area contributed by atoms with Gasteiger partial charge in [0, 0.05) is 0 Å². The molecular formula is C35H45N4O10P. The Labute approximate surface area is 291 Å². The molecule has 0 spiro atoms. The molecule has 4 heterocycles. The van der Waals surface area contributed by atoms with E-state index in [1.54, 1.807) is 4.68 Å². The number of nitrogens with zero attached hydrogens (tertiary/aromatic N) is 4. The van der Waals surface area contributed by atoms with Crippen LogP contribution < -0.4 is 9.47 Å². The second-order valence-corrected chi connectivity index (χ2v) is 14.6. The Morgan fingerprint density at radius 2 is 1.50 bits per heavy atom. The van der Waals surface area contributed by atoms with Gasteiger partial charge in [0.1, 0.15) is 23.7 Å². The zero-order valence-corrected chi connectivity index (χ0v) is 30.2. The van der Waals surface area contributed by atoms with Crippen molar-refractivity contribution in [2.75, 3.05) is 27.4 Å². The minimum absolute atomic E-state index is 0.0653. The lowest BCUT2D eigenvalue weighted by molar-refractivity contribution is -0.256. The highest BCUT2D eigenvalue weighted by Gasteiger charge is 2.50. The lowest BCUT2D eigenvalue weighted by Crippen LogP contribution is -2.42. The van der Waals surface area contributed by atoms with E-state index >= 15 is 0 Å². The maximum Gasteiger partial charge on any atom is 0.475 e. The van der Waals surface area contributed by atoms with Crippen molar-refractivity contribution in [3.05, 3.63) is 77.5 Å². The van der Waals surface area contributed by atoms with Crippen LogP contribution in [0.2, 0.25) is 0 Å². The van der Waals surface area contributed by atoms with Gasteiger partial charge in [-0.3, -0.25) is 13.6 Å². The van der Waals surface area contributed by atoms with Gasteiger partial charge in [0.2, 0.25) is 5.88 Å². The molecule has 2 aliphatic rings. The highest BCUT2D eigenvalue weighted by Crippen LogP contribution is 2.51. The molecule has 0 unspecified atom stereocenters. The molecule has 2 saturated heterocycles. The third-order valence-corrected chi connectivity index (χ3v) is 9.62. The fourth-order valence-electron chi connectivity index (χ4n) is 5.98. The Kier molecular flexibility index (Phi) is 11.2. The van der Waals surface area contributed by atoms with Gasteiger partial charge in [-0.15, -0.1) is 0 Å². The van der Waals surface area contributed by atoms with Crippen LogP contribution >= 0.6 is 7.82 Å². The van der Waals surface area contributed by atoms with Crippen LogP contribution in [0.4, 0.5) is 0 Å². The van der Waals surface area contributed by atoms with E-state index in [0.29, 0.717) is 42.1 Å². The maximum absolute atomic E-state index is 13.8. The summed E-state index contributed by atoms with van der Waals surface area (Å²) >= 11 is 0. The molecule has 2 fully saturated rings. The first-order valence-corrected chi connectivity index (χ1v) is 18.1. The molecule has 0 amide bonds. The predicted molar refractivity (Wildman–Crippen MR) is 181 cm³/mol. The van der Waals surface area contributed by atoms with Crippen molar-refractivity contribution >= 4 is 18.9 Å². The molecule has 2 aromatic carbocycles. The van der Waals surface area contributed by atoms with Gasteiger partial charge in [-0.05, 0) is 51.7 Å². The Morgan fingerprint density at radius 1 is 0.840 bits per heavy atom. The molecule has 0 N–H and O–H groups in total. The Balaban J connectivity index is 1.21. The van der Waals surface area contributed by atoms with E-state index in [9.17, 15) is 4.57 Å². The van der Waals surface area contributed by atoms with Crippen molar-refractivity contribution in [3.8, 4) is 11.9 Å². The van der Waals surface area contributed by atoms with Crippen molar-refractivity contribution in [3.63, 3.8) is 0 Å². The van der Waals surface area contributed by atoms with Gasteiger partial charge in [-0.2, -0.15) is 15.1 Å². The van der Waals surface area contributed by atoms with Gasteiger partial charge >= 0.3 is 13.8 Å². The standard InChI is InChI=1S/C35H45N4O10P/c1-34(2)43-23-28-30(49-35(3,4)48-28)27(47-34)20-39-31-29(32(41-5)37-33(36-31)42-6)26(38-39)18-13-19-44-50(40,45-21-24-14-9-7-10-15-24)46-22-25-16-11-8-12-17-25/h7-12,14-17,27-28,30H,13,18-23H2,1-6H3/t27-,28+,30-/m0/s1. The third kappa shape index (κ3) is 8.87. The Bertz CT molecular complexity index is 1720. The first-order chi connectivity index (χ1) is 24.0. The third-order valence-electron chi connectivity index (χ3n) is 8.23. The molecule has 0 aliphatic carbocycles. The minimum Gasteiger partial charge on any atom is -0.480 e. The zero-order valence-electron chi connectivity index (χ0n) is 29.3. The molecule has 3 atom stereocenters. The molecule has 0 saturated carbocycles. The number of benzene rings is 2. The summed E-state index contributed by atoms with van der Waals surface area (Å²) in [5, 5.41) is 5.57. The van der Waals surface area contributed by atoms with Crippen LogP contribution in [-0.4, -0.2) is 77.1 Å². The van der Waals surface area contributed by atoms with Gasteiger partial charge in [0.05, 0.1) is 52.9 Å². The summed E-state index contributed by atoms with van der Waals surface area (Å²) in [6.07, 6.45) is -0.427. The number of methoxy groups -OCH3 is 2. The van der Waals surface area contributed by atoms with Gasteiger partial charge in [-0.1, -0.05) is 60.7 Å². The van der Waals surface area contributed by atoms with Gasteiger partial charge in [0.25, 0.3) is 0 Å². The van der Waals surface area contributed by atoms with Crippen molar-refractivity contribution in [2.24, 2.45) is 0 Å². The SMILES string of the molecule is COc1nc(OC)c2c(CCCOP(=O)(OCc3ccccc3)OCc3ccccc3)nn(C[C@@H]3OC(C)(C)OC[C@H]4OC(C)(C)O[C@@H]34)c2n1. The number of aromatic nitrogens is 4. The molecule has 15 heteroatoms. The number of phosphoric ester groups is 1. The number of ether oxygens (including phenoxy) is 6. The highest BCUT2D eigenvalue weighted by atomic mass is 31.2. The molecule has 2 aromatic heterocycles. The van der Waals surface area contributed by atoms with Crippen LogP contribution in [0.25, 0.3) is 11.0 Å². The number of aryl methyl sites for hydroxylation is 1. The van der Waals surface area contributed by atoms with Gasteiger partial charge in [-0.25, -0.2) is 9.25 Å². The van der Waals surface area contributed by atoms with E-state index in [0.717, 1.165) is 11.1 Å². The lowest BCUT2D eigenvalue weighted by atomic mass is 10.1. The molecule has 50 heavy (non-hydrogen) atoms. The summed E-state index contributed by atoms with van der Waals surface area (Å²) in [6, 6.07) is 19.0. The van der Waals surface area contributed by atoms with Gasteiger partial charge < -0.3 is 28.4 Å². The molecule has 14 nitrogen and oxygen atoms in total. The van der Waals surface area contributed by atoms with Crippen molar-refractivity contribution in [1.29, 1.82) is 0 Å². The highest BCUT2D eigenvalue weighted by molar-refractivity contribution is 7.48. The average molecular weight is 713 g/mol. The van der Waals surface area contributed by atoms with E-state index in [-0.39, 0.29) is 38.5 Å². The average Bonchev–Trinajstić information content (AvgIpc) is 3.59. The van der Waals surface area contributed by atoms with E-state index in [1.807, 2.05) is 88.4 Å². The zero-order chi connectivity index (χ0) is 35.4. The largest absolute Gasteiger partial charge is 0.480 e. The molecule has 270 valence electrons. The summed E-state index contributed by atoms with van der Waals surface area (Å²) in [5.41, 5.74) is 2.83. The first-order valence-electron chi connectivity index (χ1n) is 16.6. The van der Waals surface area contributed by atoms with E-state index in [2.05, 4.69) is 9.97 Å². The molecule has 6 rings (SSSR count). The topological polar surface area (TPSA) is 144 Å². The van der Waals surface area contributed by atoms with E-state index in [1.165, 1.54) is 14.2 Å². The van der Waals surface area contributed by atoms with Crippen LogP contribution in [0.15, 0.2) is 60.7 Å². The predicted octanol–water partition coefficient (Wildman–Crippen LogP) is 6.01. The number of hydrogen-bond donors (Lipinski definition) is 0. The molecule has 2 aliphatic heterocycles. The number of phosphoric acid groups is 1. The lowest BCUT2D eigenvalue weighted by Gasteiger charge is -2.30. The second-order valence-electron chi connectivity index (χ2n) is 13.0. The normalized spacial score (nSPS) is 21.5. The summed E-state index contributed by atoms with van der Waals surface area (Å²) in [5.74, 6) is -1.39. The number of rotatable bonds is 15. The molecular weight excluding hydrogens is 667 g/mol. The quantitative estimate of drug-likeness (QED) is 0.105.